The molecule has 1 unspecified atom stereocenters. The molecule has 0 aromatic heterocycles. The molecular formula is C14H20N2. The smallest absolute Gasteiger partial charge is 0.0552 e. The van der Waals surface area contributed by atoms with E-state index in [1.54, 1.807) is 0 Å². The Bertz CT molecular complexity index is 407. The Kier molecular flexibility index (Phi) is 2.90. The van der Waals surface area contributed by atoms with E-state index in [2.05, 4.69) is 50.1 Å². The van der Waals surface area contributed by atoms with Crippen LogP contribution in [0.5, 0.6) is 0 Å². The molecule has 2 heteroatoms. The minimum absolute atomic E-state index is 0.520. The fourth-order valence-electron chi connectivity index (χ4n) is 2.07. The first-order valence-corrected chi connectivity index (χ1v) is 5.91. The van der Waals surface area contributed by atoms with E-state index in [0.717, 1.165) is 12.2 Å². The standard InChI is InChI=1S/C14H20N2/c1-10(2)11(3)16-8-12-6-4-5-7-13(12)14(15)9-16/h4-7,9-11H,8,15H2,1-3H3. The van der Waals surface area contributed by atoms with E-state index in [1.165, 1.54) is 11.1 Å². The molecule has 0 amide bonds. The lowest BCUT2D eigenvalue weighted by atomic mass is 9.98. The van der Waals surface area contributed by atoms with Gasteiger partial charge in [-0.15, -0.1) is 0 Å². The van der Waals surface area contributed by atoms with Gasteiger partial charge in [-0.3, -0.25) is 0 Å². The highest BCUT2D eigenvalue weighted by atomic mass is 15.1. The average Bonchev–Trinajstić information content (AvgIpc) is 2.28. The molecule has 1 heterocycles. The molecule has 16 heavy (non-hydrogen) atoms. The van der Waals surface area contributed by atoms with Crippen LogP contribution in [0.15, 0.2) is 30.5 Å². The minimum Gasteiger partial charge on any atom is -0.397 e. The maximum Gasteiger partial charge on any atom is 0.0552 e. The Labute approximate surface area is 97.8 Å². The third-order valence-corrected chi connectivity index (χ3v) is 3.47. The number of nitrogens with zero attached hydrogens (tertiary/aromatic N) is 1. The van der Waals surface area contributed by atoms with E-state index >= 15 is 0 Å². The average molecular weight is 216 g/mol. The summed E-state index contributed by atoms with van der Waals surface area (Å²) < 4.78 is 0. The molecule has 0 aliphatic carbocycles. The molecule has 1 aromatic rings. The van der Waals surface area contributed by atoms with Crippen molar-refractivity contribution in [1.82, 2.24) is 4.90 Å². The molecule has 1 aromatic carbocycles. The number of nitrogens with two attached hydrogens (primary N) is 1. The Morgan fingerprint density at radius 1 is 1.19 bits per heavy atom. The van der Waals surface area contributed by atoms with Gasteiger partial charge >= 0.3 is 0 Å². The second-order valence-corrected chi connectivity index (χ2v) is 4.90. The van der Waals surface area contributed by atoms with Crippen LogP contribution in [0.4, 0.5) is 0 Å². The minimum atomic E-state index is 0.520. The third kappa shape index (κ3) is 1.92. The maximum atomic E-state index is 6.09. The fraction of sp³-hybridized carbons (Fsp3) is 0.429. The van der Waals surface area contributed by atoms with Gasteiger partial charge < -0.3 is 10.6 Å². The van der Waals surface area contributed by atoms with E-state index in [4.69, 9.17) is 5.73 Å². The second-order valence-electron chi connectivity index (χ2n) is 4.90. The first kappa shape index (κ1) is 11.1. The van der Waals surface area contributed by atoms with Crippen LogP contribution in [0.3, 0.4) is 0 Å². The van der Waals surface area contributed by atoms with Crippen molar-refractivity contribution in [2.45, 2.75) is 33.4 Å². The van der Waals surface area contributed by atoms with Gasteiger partial charge in [-0.1, -0.05) is 38.1 Å². The molecule has 86 valence electrons. The zero-order valence-corrected chi connectivity index (χ0v) is 10.3. The summed E-state index contributed by atoms with van der Waals surface area (Å²) >= 11 is 0. The van der Waals surface area contributed by atoms with Crippen molar-refractivity contribution in [3.05, 3.63) is 41.6 Å². The van der Waals surface area contributed by atoms with E-state index in [1.807, 2.05) is 6.07 Å². The number of hydrogen-bond donors (Lipinski definition) is 1. The molecule has 0 bridgehead atoms. The van der Waals surface area contributed by atoms with Gasteiger partial charge in [0.25, 0.3) is 0 Å². The van der Waals surface area contributed by atoms with Gasteiger partial charge in [-0.2, -0.15) is 0 Å². The molecule has 1 aliphatic rings. The fourth-order valence-corrected chi connectivity index (χ4v) is 2.07. The monoisotopic (exact) mass is 216 g/mol. The molecule has 1 aliphatic heterocycles. The summed E-state index contributed by atoms with van der Waals surface area (Å²) in [7, 11) is 0. The normalized spacial score (nSPS) is 17.0. The Hall–Kier alpha value is -1.44. The highest BCUT2D eigenvalue weighted by Gasteiger charge is 2.20. The van der Waals surface area contributed by atoms with E-state index in [0.29, 0.717) is 12.0 Å². The summed E-state index contributed by atoms with van der Waals surface area (Å²) in [6.07, 6.45) is 2.09. The van der Waals surface area contributed by atoms with Crippen LogP contribution in [-0.2, 0) is 6.54 Å². The zero-order valence-electron chi connectivity index (χ0n) is 10.3. The van der Waals surface area contributed by atoms with Gasteiger partial charge in [-0.05, 0) is 18.4 Å². The largest absolute Gasteiger partial charge is 0.397 e. The van der Waals surface area contributed by atoms with Gasteiger partial charge in [0.2, 0.25) is 0 Å². The Morgan fingerprint density at radius 3 is 2.56 bits per heavy atom. The third-order valence-electron chi connectivity index (χ3n) is 3.47. The van der Waals surface area contributed by atoms with Gasteiger partial charge in [-0.25, -0.2) is 0 Å². The van der Waals surface area contributed by atoms with Crippen LogP contribution in [0.25, 0.3) is 5.70 Å². The van der Waals surface area contributed by atoms with Crippen molar-refractivity contribution in [2.75, 3.05) is 0 Å². The maximum absolute atomic E-state index is 6.09. The van der Waals surface area contributed by atoms with Crippen molar-refractivity contribution in [1.29, 1.82) is 0 Å². The highest BCUT2D eigenvalue weighted by Crippen LogP contribution is 2.26. The molecule has 2 N–H and O–H groups in total. The van der Waals surface area contributed by atoms with Gasteiger partial charge in [0.1, 0.15) is 0 Å². The predicted octanol–water partition coefficient (Wildman–Crippen LogP) is 2.80. The zero-order chi connectivity index (χ0) is 11.7. The number of fused-ring (bicyclic) bond motifs is 1. The molecule has 2 rings (SSSR count). The molecule has 1 atom stereocenters. The van der Waals surface area contributed by atoms with Gasteiger partial charge in [0.15, 0.2) is 0 Å². The summed E-state index contributed by atoms with van der Waals surface area (Å²) in [5.74, 6) is 0.634. The molecule has 2 nitrogen and oxygen atoms in total. The van der Waals surface area contributed by atoms with Crippen molar-refractivity contribution in [3.63, 3.8) is 0 Å². The van der Waals surface area contributed by atoms with Crippen LogP contribution < -0.4 is 5.73 Å². The van der Waals surface area contributed by atoms with Crippen LogP contribution in [0, 0.1) is 5.92 Å². The molecule has 0 fully saturated rings. The SMILES string of the molecule is CC(C)C(C)N1C=C(N)c2ccccc2C1. The molecule has 0 saturated carbocycles. The summed E-state index contributed by atoms with van der Waals surface area (Å²) in [4.78, 5) is 2.34. The molecule has 0 saturated heterocycles. The van der Waals surface area contributed by atoms with Crippen molar-refractivity contribution in [3.8, 4) is 0 Å². The van der Waals surface area contributed by atoms with Gasteiger partial charge in [0.05, 0.1) is 5.70 Å². The van der Waals surface area contributed by atoms with Crippen molar-refractivity contribution < 1.29 is 0 Å². The topological polar surface area (TPSA) is 29.3 Å². The summed E-state index contributed by atoms with van der Waals surface area (Å²) in [5.41, 5.74) is 9.50. The first-order valence-electron chi connectivity index (χ1n) is 5.91. The number of rotatable bonds is 2. The number of benzene rings is 1. The summed E-state index contributed by atoms with van der Waals surface area (Å²) in [6.45, 7) is 7.71. The molecule has 0 radical (unpaired) electrons. The second kappa shape index (κ2) is 4.20. The first-order chi connectivity index (χ1) is 7.59. The molecule has 0 spiro atoms. The van der Waals surface area contributed by atoms with Crippen molar-refractivity contribution >= 4 is 5.70 Å². The van der Waals surface area contributed by atoms with Crippen LogP contribution >= 0.6 is 0 Å². The van der Waals surface area contributed by atoms with E-state index in [-0.39, 0.29) is 0 Å². The Balaban J connectivity index is 2.30. The highest BCUT2D eigenvalue weighted by molar-refractivity contribution is 5.66. The van der Waals surface area contributed by atoms with Crippen molar-refractivity contribution in [2.24, 2.45) is 11.7 Å². The predicted molar refractivity (Wildman–Crippen MR) is 68.4 cm³/mol. The van der Waals surface area contributed by atoms with E-state index < -0.39 is 0 Å². The summed E-state index contributed by atoms with van der Waals surface area (Å²) in [6, 6.07) is 8.90. The van der Waals surface area contributed by atoms with Gasteiger partial charge in [0, 0.05) is 24.4 Å². The Morgan fingerprint density at radius 2 is 1.88 bits per heavy atom. The molecular weight excluding hydrogens is 196 g/mol. The lowest BCUT2D eigenvalue weighted by Crippen LogP contribution is -2.35. The summed E-state index contributed by atoms with van der Waals surface area (Å²) in [5, 5.41) is 0. The van der Waals surface area contributed by atoms with Crippen LogP contribution in [-0.4, -0.2) is 10.9 Å². The lowest BCUT2D eigenvalue weighted by molar-refractivity contribution is 0.227. The van der Waals surface area contributed by atoms with E-state index in [9.17, 15) is 0 Å². The quantitative estimate of drug-likeness (QED) is 0.823. The van der Waals surface area contributed by atoms with Crippen LogP contribution in [0.1, 0.15) is 31.9 Å². The van der Waals surface area contributed by atoms with Crippen LogP contribution in [0.2, 0.25) is 0 Å². The lowest BCUT2D eigenvalue weighted by Gasteiger charge is -2.34. The number of hydrogen-bond acceptors (Lipinski definition) is 2.